The van der Waals surface area contributed by atoms with Crippen molar-refractivity contribution in [2.24, 2.45) is 0 Å². The van der Waals surface area contributed by atoms with Crippen molar-refractivity contribution in [2.75, 3.05) is 30.4 Å². The number of ether oxygens (including phenoxy) is 2. The highest BCUT2D eigenvalue weighted by molar-refractivity contribution is 7.18. The molecule has 2 N–H and O–H groups in total. The first kappa shape index (κ1) is 21.5. The zero-order chi connectivity index (χ0) is 22.0. The van der Waals surface area contributed by atoms with Gasteiger partial charge in [0.05, 0.1) is 17.5 Å². The number of fused-ring (bicyclic) bond motifs is 1. The molecule has 0 radical (unpaired) electrons. The third-order valence-corrected chi connectivity index (χ3v) is 6.41. The number of aromatic nitrogens is 2. The zero-order valence-corrected chi connectivity index (χ0v) is 18.8. The molecule has 1 aromatic carbocycles. The summed E-state index contributed by atoms with van der Waals surface area (Å²) in [5.41, 5.74) is 1.01. The highest BCUT2D eigenvalue weighted by Crippen LogP contribution is 2.32. The van der Waals surface area contributed by atoms with Crippen LogP contribution in [0.2, 0.25) is 5.02 Å². The average molecular weight is 463 g/mol. The number of carbonyl (C=O) groups is 1. The smallest absolute Gasteiger partial charge is 0.495 e. The van der Waals surface area contributed by atoms with E-state index in [2.05, 4.69) is 16.3 Å². The molecule has 1 aliphatic rings. The Morgan fingerprint density at radius 3 is 2.77 bits per heavy atom. The maximum atomic E-state index is 10.8. The molecule has 0 amide bonds. The predicted octanol–water partition coefficient (Wildman–Crippen LogP) is 4.94. The molecule has 0 saturated carbocycles. The standard InChI is InChI=1S/C21H23ClN4O4S/c1-12-9-15-18(23-11-13-3-4-17(29-2)16(22)10-13)24-20(25-19(15)31-12)26-7-5-14(6-8-26)30-21(27)28/h3-4,9-10,14H,5-8,11H2,1-2H3,(H,27,28)(H,23,24,25). The van der Waals surface area contributed by atoms with Crippen LogP contribution >= 0.6 is 22.9 Å². The van der Waals surface area contributed by atoms with Crippen molar-refractivity contribution in [1.29, 1.82) is 0 Å². The molecule has 0 aliphatic carbocycles. The molecule has 31 heavy (non-hydrogen) atoms. The van der Waals surface area contributed by atoms with Crippen molar-refractivity contribution < 1.29 is 19.4 Å². The second kappa shape index (κ2) is 9.15. The summed E-state index contributed by atoms with van der Waals surface area (Å²) in [5, 5.41) is 13.8. The molecule has 3 aromatic rings. The highest BCUT2D eigenvalue weighted by Gasteiger charge is 2.24. The molecule has 164 valence electrons. The molecule has 1 aliphatic heterocycles. The number of nitrogens with zero attached hydrogens (tertiary/aromatic N) is 3. The fourth-order valence-corrected chi connectivity index (χ4v) is 4.78. The van der Waals surface area contributed by atoms with Gasteiger partial charge in [-0.1, -0.05) is 17.7 Å². The number of aryl methyl sites for hydroxylation is 1. The van der Waals surface area contributed by atoms with E-state index in [9.17, 15) is 4.79 Å². The summed E-state index contributed by atoms with van der Waals surface area (Å²) in [5.74, 6) is 2.04. The lowest BCUT2D eigenvalue weighted by atomic mass is 10.1. The van der Waals surface area contributed by atoms with Crippen molar-refractivity contribution in [3.05, 3.63) is 39.7 Å². The normalized spacial score (nSPS) is 14.6. The monoisotopic (exact) mass is 462 g/mol. The van der Waals surface area contributed by atoms with Crippen LogP contribution in [0.3, 0.4) is 0 Å². The number of benzene rings is 1. The molecule has 2 aromatic heterocycles. The minimum Gasteiger partial charge on any atom is -0.495 e. The minimum absolute atomic E-state index is 0.279. The summed E-state index contributed by atoms with van der Waals surface area (Å²) >= 11 is 7.87. The number of carboxylic acid groups (broad SMARTS) is 1. The summed E-state index contributed by atoms with van der Waals surface area (Å²) in [4.78, 5) is 24.5. The zero-order valence-electron chi connectivity index (χ0n) is 17.2. The van der Waals surface area contributed by atoms with Crippen LogP contribution in [0.25, 0.3) is 10.2 Å². The molecular formula is C21H23ClN4O4S. The number of hydrogen-bond acceptors (Lipinski definition) is 8. The van der Waals surface area contributed by atoms with Crippen LogP contribution in [-0.4, -0.2) is 47.5 Å². The Hall–Kier alpha value is -2.78. The lowest BCUT2D eigenvalue weighted by molar-refractivity contribution is 0.0415. The molecule has 1 saturated heterocycles. The Morgan fingerprint density at radius 1 is 1.32 bits per heavy atom. The van der Waals surface area contributed by atoms with E-state index in [1.54, 1.807) is 18.4 Å². The first-order valence-corrected chi connectivity index (χ1v) is 11.1. The van der Waals surface area contributed by atoms with Crippen LogP contribution < -0.4 is 15.0 Å². The Kier molecular flexibility index (Phi) is 6.33. The van der Waals surface area contributed by atoms with Crippen LogP contribution in [0, 0.1) is 6.92 Å². The van der Waals surface area contributed by atoms with E-state index in [0.29, 0.717) is 49.2 Å². The highest BCUT2D eigenvalue weighted by atomic mass is 35.5. The minimum atomic E-state index is -1.23. The fraction of sp³-hybridized carbons (Fsp3) is 0.381. The Morgan fingerprint density at radius 2 is 2.10 bits per heavy atom. The van der Waals surface area contributed by atoms with Gasteiger partial charge in [-0.25, -0.2) is 9.78 Å². The second-order valence-electron chi connectivity index (χ2n) is 7.34. The second-order valence-corrected chi connectivity index (χ2v) is 8.98. The third kappa shape index (κ3) is 4.94. The molecule has 3 heterocycles. The van der Waals surface area contributed by atoms with E-state index in [1.165, 1.54) is 0 Å². The van der Waals surface area contributed by atoms with Gasteiger partial charge in [-0.3, -0.25) is 0 Å². The fourth-order valence-electron chi connectivity index (χ4n) is 3.63. The van der Waals surface area contributed by atoms with Gasteiger partial charge in [-0.15, -0.1) is 11.3 Å². The summed E-state index contributed by atoms with van der Waals surface area (Å²) < 4.78 is 10.1. The van der Waals surface area contributed by atoms with Crippen molar-refractivity contribution in [1.82, 2.24) is 9.97 Å². The molecule has 8 nitrogen and oxygen atoms in total. The van der Waals surface area contributed by atoms with Gasteiger partial charge in [-0.05, 0) is 30.7 Å². The van der Waals surface area contributed by atoms with Gasteiger partial charge in [0.15, 0.2) is 0 Å². The van der Waals surface area contributed by atoms with Crippen molar-refractivity contribution in [2.45, 2.75) is 32.4 Å². The quantitative estimate of drug-likeness (QED) is 0.497. The molecule has 0 atom stereocenters. The van der Waals surface area contributed by atoms with Gasteiger partial charge in [0.1, 0.15) is 22.5 Å². The lowest BCUT2D eigenvalue weighted by Crippen LogP contribution is -2.38. The molecule has 4 rings (SSSR count). The van der Waals surface area contributed by atoms with E-state index in [4.69, 9.17) is 36.1 Å². The predicted molar refractivity (Wildman–Crippen MR) is 122 cm³/mol. The van der Waals surface area contributed by atoms with Crippen molar-refractivity contribution >= 4 is 51.1 Å². The molecular weight excluding hydrogens is 440 g/mol. The SMILES string of the molecule is COc1ccc(CNc2nc(N3CCC(OC(=O)O)CC3)nc3sc(C)cc23)cc1Cl. The van der Waals surface area contributed by atoms with Crippen LogP contribution in [0.5, 0.6) is 5.75 Å². The Labute approximate surface area is 188 Å². The van der Waals surface area contributed by atoms with Crippen LogP contribution in [0.15, 0.2) is 24.3 Å². The van der Waals surface area contributed by atoms with Gasteiger partial charge in [-0.2, -0.15) is 4.98 Å². The van der Waals surface area contributed by atoms with E-state index in [0.717, 1.165) is 26.5 Å². The number of piperidine rings is 1. The Balaban J connectivity index is 1.54. The van der Waals surface area contributed by atoms with Gasteiger partial charge >= 0.3 is 6.16 Å². The molecule has 0 spiro atoms. The van der Waals surface area contributed by atoms with E-state index in [1.807, 2.05) is 25.1 Å². The maximum absolute atomic E-state index is 10.8. The first-order chi connectivity index (χ1) is 14.9. The van der Waals surface area contributed by atoms with Crippen LogP contribution in [-0.2, 0) is 11.3 Å². The van der Waals surface area contributed by atoms with E-state index < -0.39 is 6.16 Å². The third-order valence-electron chi connectivity index (χ3n) is 5.17. The summed E-state index contributed by atoms with van der Waals surface area (Å²) in [6.07, 6.45) is -0.275. The van der Waals surface area contributed by atoms with E-state index in [-0.39, 0.29) is 6.10 Å². The number of methoxy groups -OCH3 is 1. The van der Waals surface area contributed by atoms with Crippen molar-refractivity contribution in [3.8, 4) is 5.75 Å². The summed E-state index contributed by atoms with van der Waals surface area (Å²) in [6.45, 7) is 3.88. The van der Waals surface area contributed by atoms with Crippen LogP contribution in [0.4, 0.5) is 16.6 Å². The maximum Gasteiger partial charge on any atom is 0.506 e. The number of nitrogens with one attached hydrogen (secondary N) is 1. The summed E-state index contributed by atoms with van der Waals surface area (Å²) in [6, 6.07) is 7.76. The number of rotatable bonds is 6. The number of hydrogen-bond donors (Lipinski definition) is 2. The molecule has 1 fully saturated rings. The molecule has 0 bridgehead atoms. The number of halogens is 1. The van der Waals surface area contributed by atoms with Gasteiger partial charge in [0, 0.05) is 37.4 Å². The average Bonchev–Trinajstić information content (AvgIpc) is 3.12. The Bertz CT molecular complexity index is 1100. The van der Waals surface area contributed by atoms with Gasteiger partial charge in [0.25, 0.3) is 0 Å². The topological polar surface area (TPSA) is 96.8 Å². The van der Waals surface area contributed by atoms with E-state index >= 15 is 0 Å². The van der Waals surface area contributed by atoms with Crippen LogP contribution in [0.1, 0.15) is 23.3 Å². The number of thiophene rings is 1. The lowest BCUT2D eigenvalue weighted by Gasteiger charge is -2.31. The largest absolute Gasteiger partial charge is 0.506 e. The first-order valence-electron chi connectivity index (χ1n) is 9.92. The van der Waals surface area contributed by atoms with Crippen molar-refractivity contribution in [3.63, 3.8) is 0 Å². The van der Waals surface area contributed by atoms with Gasteiger partial charge < -0.3 is 24.8 Å². The molecule has 0 unspecified atom stereocenters. The molecule has 10 heteroatoms. The van der Waals surface area contributed by atoms with Gasteiger partial charge in [0.2, 0.25) is 5.95 Å². The summed E-state index contributed by atoms with van der Waals surface area (Å²) in [7, 11) is 1.59. The number of anilines is 2.